The lowest BCUT2D eigenvalue weighted by Crippen LogP contribution is -2.37. The molecule has 6 heteroatoms. The van der Waals surface area contributed by atoms with Gasteiger partial charge in [0.15, 0.2) is 0 Å². The lowest BCUT2D eigenvalue weighted by atomic mass is 10.0. The molecule has 0 saturated heterocycles. The van der Waals surface area contributed by atoms with E-state index in [1.54, 1.807) is 12.1 Å². The molecule has 1 aromatic rings. The van der Waals surface area contributed by atoms with Gasteiger partial charge in [-0.15, -0.1) is 0 Å². The Morgan fingerprint density at radius 2 is 1.95 bits per heavy atom. The lowest BCUT2D eigenvalue weighted by molar-refractivity contribution is -0.138. The zero-order valence-corrected chi connectivity index (χ0v) is 12.3. The van der Waals surface area contributed by atoms with Gasteiger partial charge in [-0.25, -0.2) is 0 Å². The number of nitrogens with zero attached hydrogens (tertiary/aromatic N) is 1. The quantitative estimate of drug-likeness (QED) is 0.762. The van der Waals surface area contributed by atoms with E-state index in [2.05, 4.69) is 4.74 Å². The summed E-state index contributed by atoms with van der Waals surface area (Å²) in [6.07, 6.45) is 1.56. The van der Waals surface area contributed by atoms with Gasteiger partial charge in [-0.1, -0.05) is 19.1 Å². The van der Waals surface area contributed by atoms with Crippen molar-refractivity contribution in [3.63, 3.8) is 0 Å². The van der Waals surface area contributed by atoms with Crippen molar-refractivity contribution in [2.45, 2.75) is 39.3 Å². The first-order valence-electron chi connectivity index (χ1n) is 6.92. The van der Waals surface area contributed by atoms with Crippen molar-refractivity contribution in [3.05, 3.63) is 29.8 Å². The van der Waals surface area contributed by atoms with Crippen LogP contribution in [0.4, 0.5) is 8.78 Å². The minimum atomic E-state index is -2.81. The van der Waals surface area contributed by atoms with Crippen molar-refractivity contribution in [2.24, 2.45) is 0 Å². The molecule has 0 amide bonds. The Kier molecular flexibility index (Phi) is 7.08. The van der Waals surface area contributed by atoms with Crippen LogP contribution in [0.2, 0.25) is 0 Å². The molecule has 4 nitrogen and oxygen atoms in total. The molecule has 0 aliphatic rings. The van der Waals surface area contributed by atoms with Crippen LogP contribution in [-0.2, 0) is 11.2 Å². The SMILES string of the molecule is CCN(CC(=O)O)C(C)CCc1ccc(OC(F)F)cc1. The summed E-state index contributed by atoms with van der Waals surface area (Å²) in [6, 6.07) is 6.67. The number of rotatable bonds is 9. The molecule has 1 rings (SSSR count). The van der Waals surface area contributed by atoms with E-state index < -0.39 is 12.6 Å². The molecular formula is C15H21F2NO3. The molecule has 1 N–H and O–H groups in total. The Morgan fingerprint density at radius 1 is 1.33 bits per heavy atom. The van der Waals surface area contributed by atoms with Crippen molar-refractivity contribution in [3.8, 4) is 5.75 Å². The summed E-state index contributed by atoms with van der Waals surface area (Å²) < 4.78 is 28.3. The average Bonchev–Trinajstić information content (AvgIpc) is 2.42. The second-order valence-electron chi connectivity index (χ2n) is 4.87. The van der Waals surface area contributed by atoms with E-state index in [0.29, 0.717) is 6.54 Å². The van der Waals surface area contributed by atoms with Crippen molar-refractivity contribution in [1.82, 2.24) is 4.90 Å². The van der Waals surface area contributed by atoms with Gasteiger partial charge in [0.1, 0.15) is 5.75 Å². The number of hydrogen-bond acceptors (Lipinski definition) is 3. The van der Waals surface area contributed by atoms with E-state index in [4.69, 9.17) is 5.11 Å². The number of hydrogen-bond donors (Lipinski definition) is 1. The summed E-state index contributed by atoms with van der Waals surface area (Å²) in [6.45, 7) is 1.80. The minimum Gasteiger partial charge on any atom is -0.480 e. The van der Waals surface area contributed by atoms with Crippen LogP contribution in [0.3, 0.4) is 0 Å². The molecule has 0 radical (unpaired) electrons. The number of benzene rings is 1. The third kappa shape index (κ3) is 6.53. The van der Waals surface area contributed by atoms with Gasteiger partial charge in [-0.05, 0) is 44.0 Å². The fourth-order valence-electron chi connectivity index (χ4n) is 2.15. The zero-order chi connectivity index (χ0) is 15.8. The molecule has 0 aliphatic heterocycles. The molecular weight excluding hydrogens is 280 g/mol. The number of halogens is 2. The standard InChI is InChI=1S/C15H21F2NO3/c1-3-18(10-14(19)20)11(2)4-5-12-6-8-13(9-7-12)21-15(16)17/h6-9,11,15H,3-5,10H2,1-2H3,(H,19,20). The predicted molar refractivity (Wildman–Crippen MR) is 75.7 cm³/mol. The van der Waals surface area contributed by atoms with Crippen molar-refractivity contribution in [2.75, 3.05) is 13.1 Å². The van der Waals surface area contributed by atoms with Crippen molar-refractivity contribution in [1.29, 1.82) is 0 Å². The first-order chi connectivity index (χ1) is 9.92. The van der Waals surface area contributed by atoms with Gasteiger partial charge in [0, 0.05) is 6.04 Å². The highest BCUT2D eigenvalue weighted by Gasteiger charge is 2.15. The fourth-order valence-corrected chi connectivity index (χ4v) is 2.15. The summed E-state index contributed by atoms with van der Waals surface area (Å²) in [5.74, 6) is -0.694. The van der Waals surface area contributed by atoms with Crippen molar-refractivity contribution >= 4 is 5.97 Å². The van der Waals surface area contributed by atoms with Gasteiger partial charge in [-0.2, -0.15) is 8.78 Å². The Morgan fingerprint density at radius 3 is 2.43 bits per heavy atom. The summed E-state index contributed by atoms with van der Waals surface area (Å²) in [5.41, 5.74) is 1.01. The third-order valence-corrected chi connectivity index (χ3v) is 3.37. The molecule has 0 spiro atoms. The molecule has 118 valence electrons. The summed E-state index contributed by atoms with van der Waals surface area (Å²) in [5, 5.41) is 8.83. The number of carboxylic acids is 1. The van der Waals surface area contributed by atoms with Crippen molar-refractivity contribution < 1.29 is 23.4 Å². The molecule has 1 atom stereocenters. The van der Waals surface area contributed by atoms with E-state index in [-0.39, 0.29) is 18.3 Å². The van der Waals surface area contributed by atoms with Crippen LogP contribution < -0.4 is 4.74 Å². The van der Waals surface area contributed by atoms with Gasteiger partial charge >= 0.3 is 12.6 Å². The van der Waals surface area contributed by atoms with E-state index in [1.165, 1.54) is 12.1 Å². The number of ether oxygens (including phenoxy) is 1. The molecule has 0 fully saturated rings. The maximum atomic E-state index is 12.0. The second kappa shape index (κ2) is 8.56. The van der Waals surface area contributed by atoms with Crippen LogP contribution in [0.15, 0.2) is 24.3 Å². The topological polar surface area (TPSA) is 49.8 Å². The molecule has 0 heterocycles. The van der Waals surface area contributed by atoms with Crippen LogP contribution >= 0.6 is 0 Å². The van der Waals surface area contributed by atoms with Crippen LogP contribution in [0, 0.1) is 0 Å². The minimum absolute atomic E-state index is 0.0266. The highest BCUT2D eigenvalue weighted by atomic mass is 19.3. The molecule has 0 saturated carbocycles. The molecule has 1 aromatic carbocycles. The highest BCUT2D eigenvalue weighted by molar-refractivity contribution is 5.69. The molecule has 1 unspecified atom stereocenters. The summed E-state index contributed by atoms with van der Waals surface area (Å²) in [7, 11) is 0. The number of aryl methyl sites for hydroxylation is 1. The Labute approximate surface area is 123 Å². The monoisotopic (exact) mass is 301 g/mol. The Bertz CT molecular complexity index is 437. The zero-order valence-electron chi connectivity index (χ0n) is 12.3. The van der Waals surface area contributed by atoms with Gasteiger partial charge < -0.3 is 9.84 Å². The van der Waals surface area contributed by atoms with Crippen LogP contribution in [0.25, 0.3) is 0 Å². The molecule has 0 aliphatic carbocycles. The maximum absolute atomic E-state index is 12.0. The normalized spacial score (nSPS) is 12.7. The largest absolute Gasteiger partial charge is 0.480 e. The highest BCUT2D eigenvalue weighted by Crippen LogP contribution is 2.17. The number of carbonyl (C=O) groups is 1. The summed E-state index contributed by atoms with van der Waals surface area (Å²) in [4.78, 5) is 12.6. The lowest BCUT2D eigenvalue weighted by Gasteiger charge is -2.26. The first kappa shape index (κ1) is 17.4. The van der Waals surface area contributed by atoms with E-state index in [9.17, 15) is 13.6 Å². The number of likely N-dealkylation sites (N-methyl/N-ethyl adjacent to an activating group) is 1. The molecule has 21 heavy (non-hydrogen) atoms. The van der Waals surface area contributed by atoms with Crippen LogP contribution in [0.1, 0.15) is 25.8 Å². The summed E-state index contributed by atoms with van der Waals surface area (Å²) >= 11 is 0. The fraction of sp³-hybridized carbons (Fsp3) is 0.533. The maximum Gasteiger partial charge on any atom is 0.387 e. The predicted octanol–water partition coefficient (Wildman–Crippen LogP) is 3.02. The van der Waals surface area contributed by atoms with E-state index in [0.717, 1.165) is 18.4 Å². The Balaban J connectivity index is 2.48. The second-order valence-corrected chi connectivity index (χ2v) is 4.87. The molecule has 0 bridgehead atoms. The van der Waals surface area contributed by atoms with Gasteiger partial charge in [0.2, 0.25) is 0 Å². The van der Waals surface area contributed by atoms with Gasteiger partial charge in [0.25, 0.3) is 0 Å². The molecule has 0 aromatic heterocycles. The van der Waals surface area contributed by atoms with E-state index >= 15 is 0 Å². The van der Waals surface area contributed by atoms with Gasteiger partial charge in [-0.3, -0.25) is 9.69 Å². The first-order valence-corrected chi connectivity index (χ1v) is 6.92. The van der Waals surface area contributed by atoms with E-state index in [1.807, 2.05) is 18.7 Å². The van der Waals surface area contributed by atoms with Gasteiger partial charge in [0.05, 0.1) is 6.54 Å². The number of carboxylic acid groups (broad SMARTS) is 1. The third-order valence-electron chi connectivity index (χ3n) is 3.37. The number of alkyl halides is 2. The number of aliphatic carboxylic acids is 1. The Hall–Kier alpha value is -1.69. The van der Waals surface area contributed by atoms with Crippen LogP contribution in [0.5, 0.6) is 5.75 Å². The van der Waals surface area contributed by atoms with Crippen LogP contribution in [-0.4, -0.2) is 41.7 Å². The smallest absolute Gasteiger partial charge is 0.387 e. The average molecular weight is 301 g/mol.